The number of carboxylic acids is 1. The molecule has 0 amide bonds. The molecule has 7 heteroatoms. The molecule has 1 heterocycles. The minimum absolute atomic E-state index is 0.0830. The van der Waals surface area contributed by atoms with Crippen LogP contribution in [-0.2, 0) is 6.42 Å². The van der Waals surface area contributed by atoms with Crippen molar-refractivity contribution >= 4 is 11.7 Å². The van der Waals surface area contributed by atoms with Crippen LogP contribution in [0.25, 0.3) is 5.69 Å². The number of tetrazole rings is 1. The lowest BCUT2D eigenvalue weighted by atomic mass is 10.1. The molecule has 0 unspecified atom stereocenters. The number of aryl methyl sites for hydroxylation is 1. The van der Waals surface area contributed by atoms with Gasteiger partial charge in [-0.05, 0) is 35.0 Å². The van der Waals surface area contributed by atoms with Gasteiger partial charge in [-0.2, -0.15) is 4.68 Å². The fourth-order valence-electron chi connectivity index (χ4n) is 1.68. The monoisotopic (exact) mass is 247 g/mol. The number of anilines is 1. The summed E-state index contributed by atoms with van der Waals surface area (Å²) < 4.78 is 1.44. The number of carboxylic acid groups (broad SMARTS) is 1. The Hall–Kier alpha value is -2.44. The normalized spacial score (nSPS) is 10.5. The number of hydrogen-bond acceptors (Lipinski definition) is 5. The summed E-state index contributed by atoms with van der Waals surface area (Å²) in [6.45, 7) is 2.00. The molecule has 0 atom stereocenters. The average Bonchev–Trinajstić information content (AvgIpc) is 2.77. The first-order valence-electron chi connectivity index (χ1n) is 5.54. The third kappa shape index (κ3) is 2.15. The summed E-state index contributed by atoms with van der Waals surface area (Å²) in [5, 5.41) is 20.5. The van der Waals surface area contributed by atoms with Gasteiger partial charge in [0.25, 0.3) is 0 Å². The van der Waals surface area contributed by atoms with Gasteiger partial charge in [-0.25, -0.2) is 4.79 Å². The SMILES string of the molecule is CCCc1nnnn1-c1ccc(N)cc1C(=O)O. The van der Waals surface area contributed by atoms with Crippen LogP contribution < -0.4 is 5.73 Å². The van der Waals surface area contributed by atoms with Crippen LogP contribution in [0.15, 0.2) is 18.2 Å². The first kappa shape index (κ1) is 12.0. The van der Waals surface area contributed by atoms with Crippen LogP contribution in [0.2, 0.25) is 0 Å². The number of hydrogen-bond donors (Lipinski definition) is 2. The van der Waals surface area contributed by atoms with Gasteiger partial charge in [-0.3, -0.25) is 0 Å². The second-order valence-electron chi connectivity index (χ2n) is 3.84. The average molecular weight is 247 g/mol. The lowest BCUT2D eigenvalue weighted by Gasteiger charge is -2.08. The van der Waals surface area contributed by atoms with Gasteiger partial charge >= 0.3 is 5.97 Å². The van der Waals surface area contributed by atoms with Gasteiger partial charge in [0.1, 0.15) is 0 Å². The zero-order chi connectivity index (χ0) is 13.1. The summed E-state index contributed by atoms with van der Waals surface area (Å²) in [4.78, 5) is 11.2. The predicted octanol–water partition coefficient (Wildman–Crippen LogP) is 0.895. The van der Waals surface area contributed by atoms with E-state index in [-0.39, 0.29) is 5.56 Å². The predicted molar refractivity (Wildman–Crippen MR) is 64.5 cm³/mol. The van der Waals surface area contributed by atoms with Crippen molar-refractivity contribution in [3.8, 4) is 5.69 Å². The molecule has 2 rings (SSSR count). The molecule has 94 valence electrons. The van der Waals surface area contributed by atoms with E-state index in [2.05, 4.69) is 15.5 Å². The van der Waals surface area contributed by atoms with E-state index >= 15 is 0 Å². The Balaban J connectivity index is 2.56. The minimum Gasteiger partial charge on any atom is -0.478 e. The molecule has 7 nitrogen and oxygen atoms in total. The summed E-state index contributed by atoms with van der Waals surface area (Å²) in [6, 6.07) is 4.63. The number of aromatic carboxylic acids is 1. The van der Waals surface area contributed by atoms with Crippen LogP contribution in [0.3, 0.4) is 0 Å². The summed E-state index contributed by atoms with van der Waals surface area (Å²) in [7, 11) is 0. The van der Waals surface area contributed by atoms with Gasteiger partial charge in [0, 0.05) is 12.1 Å². The number of rotatable bonds is 4. The number of benzene rings is 1. The Morgan fingerprint density at radius 2 is 2.28 bits per heavy atom. The first-order valence-corrected chi connectivity index (χ1v) is 5.54. The first-order chi connectivity index (χ1) is 8.63. The number of nitrogens with two attached hydrogens (primary N) is 1. The summed E-state index contributed by atoms with van der Waals surface area (Å²) in [6.07, 6.45) is 1.55. The fraction of sp³-hybridized carbons (Fsp3) is 0.273. The second kappa shape index (κ2) is 4.82. The van der Waals surface area contributed by atoms with Crippen molar-refractivity contribution in [2.75, 3.05) is 5.73 Å². The lowest BCUT2D eigenvalue weighted by molar-refractivity contribution is 0.0696. The van der Waals surface area contributed by atoms with Gasteiger partial charge in [0.05, 0.1) is 11.3 Å². The Labute approximate surface area is 103 Å². The number of carbonyl (C=O) groups is 1. The van der Waals surface area contributed by atoms with E-state index in [1.165, 1.54) is 10.7 Å². The minimum atomic E-state index is -1.06. The van der Waals surface area contributed by atoms with Gasteiger partial charge in [0.15, 0.2) is 5.82 Å². The highest BCUT2D eigenvalue weighted by Crippen LogP contribution is 2.18. The fourth-order valence-corrected chi connectivity index (χ4v) is 1.68. The highest BCUT2D eigenvalue weighted by molar-refractivity contribution is 5.93. The van der Waals surface area contributed by atoms with E-state index in [1.807, 2.05) is 6.92 Å². The second-order valence-corrected chi connectivity index (χ2v) is 3.84. The molecule has 0 aliphatic rings. The van der Waals surface area contributed by atoms with Crippen LogP contribution in [0.5, 0.6) is 0 Å². The molecule has 18 heavy (non-hydrogen) atoms. The topological polar surface area (TPSA) is 107 Å². The third-order valence-electron chi connectivity index (χ3n) is 2.49. The summed E-state index contributed by atoms with van der Waals surface area (Å²) in [5.74, 6) is -0.431. The van der Waals surface area contributed by atoms with Gasteiger partial charge in [-0.15, -0.1) is 5.10 Å². The van der Waals surface area contributed by atoms with Gasteiger partial charge in [-0.1, -0.05) is 6.92 Å². The Morgan fingerprint density at radius 3 is 2.94 bits per heavy atom. The summed E-state index contributed by atoms with van der Waals surface area (Å²) in [5.41, 5.74) is 6.49. The standard InChI is InChI=1S/C11H13N5O2/c1-2-3-10-13-14-15-16(10)9-5-4-7(12)6-8(9)11(17)18/h4-6H,2-3,12H2,1H3,(H,17,18). The van der Waals surface area contributed by atoms with Crippen LogP contribution in [0.1, 0.15) is 29.5 Å². The highest BCUT2D eigenvalue weighted by Gasteiger charge is 2.16. The van der Waals surface area contributed by atoms with Crippen molar-refractivity contribution in [1.82, 2.24) is 20.2 Å². The Bertz CT molecular complexity index is 579. The molecule has 0 spiro atoms. The smallest absolute Gasteiger partial charge is 0.337 e. The molecule has 0 saturated heterocycles. The molecular weight excluding hydrogens is 234 g/mol. The van der Waals surface area contributed by atoms with Crippen molar-refractivity contribution in [3.63, 3.8) is 0 Å². The molecule has 0 radical (unpaired) electrons. The van der Waals surface area contributed by atoms with Crippen molar-refractivity contribution in [2.24, 2.45) is 0 Å². The Kier molecular flexibility index (Phi) is 3.22. The quantitative estimate of drug-likeness (QED) is 0.777. The zero-order valence-electron chi connectivity index (χ0n) is 9.87. The molecule has 0 bridgehead atoms. The third-order valence-corrected chi connectivity index (χ3v) is 2.49. The maximum atomic E-state index is 11.2. The van der Waals surface area contributed by atoms with E-state index in [4.69, 9.17) is 5.73 Å². The van der Waals surface area contributed by atoms with E-state index in [0.717, 1.165) is 6.42 Å². The van der Waals surface area contributed by atoms with E-state index in [0.29, 0.717) is 23.6 Å². The highest BCUT2D eigenvalue weighted by atomic mass is 16.4. The molecule has 1 aromatic carbocycles. The van der Waals surface area contributed by atoms with Crippen LogP contribution in [0.4, 0.5) is 5.69 Å². The zero-order valence-corrected chi connectivity index (χ0v) is 9.87. The molecule has 2 aromatic rings. The molecule has 1 aromatic heterocycles. The van der Waals surface area contributed by atoms with E-state index in [9.17, 15) is 9.90 Å². The lowest BCUT2D eigenvalue weighted by Crippen LogP contribution is -2.10. The van der Waals surface area contributed by atoms with Crippen molar-refractivity contribution in [2.45, 2.75) is 19.8 Å². The van der Waals surface area contributed by atoms with Crippen LogP contribution in [0, 0.1) is 0 Å². The molecule has 0 fully saturated rings. The molecule has 3 N–H and O–H groups in total. The maximum absolute atomic E-state index is 11.2. The largest absolute Gasteiger partial charge is 0.478 e. The van der Waals surface area contributed by atoms with E-state index < -0.39 is 5.97 Å². The van der Waals surface area contributed by atoms with Crippen LogP contribution >= 0.6 is 0 Å². The molecular formula is C11H13N5O2. The number of aromatic nitrogens is 4. The number of nitrogens with zero attached hydrogens (tertiary/aromatic N) is 4. The van der Waals surface area contributed by atoms with E-state index in [1.54, 1.807) is 12.1 Å². The maximum Gasteiger partial charge on any atom is 0.337 e. The van der Waals surface area contributed by atoms with Crippen molar-refractivity contribution < 1.29 is 9.90 Å². The van der Waals surface area contributed by atoms with Crippen molar-refractivity contribution in [1.29, 1.82) is 0 Å². The van der Waals surface area contributed by atoms with Gasteiger partial charge < -0.3 is 10.8 Å². The van der Waals surface area contributed by atoms with Crippen molar-refractivity contribution in [3.05, 3.63) is 29.6 Å². The molecule has 0 aliphatic carbocycles. The van der Waals surface area contributed by atoms with Gasteiger partial charge in [0.2, 0.25) is 0 Å². The Morgan fingerprint density at radius 1 is 1.50 bits per heavy atom. The molecule has 0 saturated carbocycles. The van der Waals surface area contributed by atoms with Crippen LogP contribution in [-0.4, -0.2) is 31.3 Å². The molecule has 0 aliphatic heterocycles. The summed E-state index contributed by atoms with van der Waals surface area (Å²) >= 11 is 0. The number of nitrogen functional groups attached to an aromatic ring is 1.